The van der Waals surface area contributed by atoms with Crippen molar-refractivity contribution in [3.8, 4) is 0 Å². The third-order valence-corrected chi connectivity index (χ3v) is 11.4. The number of nitrogens with zero attached hydrogens (tertiary/aromatic N) is 2. The molecule has 0 spiro atoms. The van der Waals surface area contributed by atoms with Crippen LogP contribution < -0.4 is 15.6 Å². The Morgan fingerprint density at radius 3 is 1.52 bits per heavy atom. The van der Waals surface area contributed by atoms with Crippen molar-refractivity contribution in [3.63, 3.8) is 0 Å². The predicted octanol–water partition coefficient (Wildman–Crippen LogP) is 2.59. The van der Waals surface area contributed by atoms with Gasteiger partial charge in [0, 0.05) is 13.1 Å². The maximum Gasteiger partial charge on any atom is 0.344 e. The summed E-state index contributed by atoms with van der Waals surface area (Å²) in [5.74, 6) is 0. The number of hydrogen-bond acceptors (Lipinski definition) is 3. The van der Waals surface area contributed by atoms with Crippen LogP contribution in [0.3, 0.4) is 0 Å². The van der Waals surface area contributed by atoms with E-state index in [4.69, 9.17) is 4.74 Å². The topological polar surface area (TPSA) is 15.7 Å². The van der Waals surface area contributed by atoms with Crippen LogP contribution in [-0.4, -0.2) is 59.0 Å². The maximum atomic E-state index is 5.67. The lowest BCUT2D eigenvalue weighted by Gasteiger charge is -2.36. The summed E-state index contributed by atoms with van der Waals surface area (Å²) in [4.78, 5) is 4.87. The Labute approximate surface area is 188 Å². The minimum atomic E-state index is -2.35. The van der Waals surface area contributed by atoms with Crippen molar-refractivity contribution in [1.29, 1.82) is 0 Å². The molecule has 158 valence electrons. The first-order chi connectivity index (χ1) is 15.2. The molecule has 3 nitrogen and oxygen atoms in total. The Bertz CT molecular complexity index is 891. The second kappa shape index (κ2) is 9.69. The molecule has 31 heavy (non-hydrogen) atoms. The number of likely N-dealkylation sites (N-methyl/N-ethyl adjacent to an activating group) is 2. The number of allylic oxidation sites excluding steroid dienone is 1. The van der Waals surface area contributed by atoms with Crippen molar-refractivity contribution in [1.82, 2.24) is 9.62 Å². The van der Waals surface area contributed by atoms with Crippen LogP contribution in [0.15, 0.2) is 103 Å². The number of hydrogen-bond donors (Lipinski definition) is 0. The zero-order valence-corrected chi connectivity index (χ0v) is 19.7. The van der Waals surface area contributed by atoms with Crippen molar-refractivity contribution in [3.05, 3.63) is 103 Å². The molecule has 0 unspecified atom stereocenters. The zero-order valence-electron chi connectivity index (χ0n) is 18.7. The van der Waals surface area contributed by atoms with Gasteiger partial charge in [-0.05, 0) is 41.2 Å². The average molecular weight is 426 g/mol. The normalized spacial score (nSPS) is 16.0. The molecule has 1 fully saturated rings. The molecule has 1 aliphatic heterocycles. The summed E-state index contributed by atoms with van der Waals surface area (Å²) in [5.41, 5.74) is 1.34. The molecule has 0 amide bonds. The van der Waals surface area contributed by atoms with E-state index < -0.39 is 8.07 Å². The van der Waals surface area contributed by atoms with E-state index in [1.807, 2.05) is 6.26 Å². The van der Waals surface area contributed by atoms with Crippen LogP contribution >= 0.6 is 0 Å². The van der Waals surface area contributed by atoms with Gasteiger partial charge in [-0.25, -0.2) is 0 Å². The quantitative estimate of drug-likeness (QED) is 0.328. The predicted molar refractivity (Wildman–Crippen MR) is 135 cm³/mol. The molecule has 4 rings (SSSR count). The fourth-order valence-electron chi connectivity index (χ4n) is 5.09. The van der Waals surface area contributed by atoms with E-state index in [1.54, 1.807) is 7.11 Å². The second-order valence-electron chi connectivity index (χ2n) is 8.44. The molecule has 1 saturated heterocycles. The molecule has 0 atom stereocenters. The van der Waals surface area contributed by atoms with Gasteiger partial charge >= 0.3 is 6.98 Å². The Morgan fingerprint density at radius 1 is 0.774 bits per heavy atom. The molecular formula is C26H31BN2OSi. The molecule has 3 aromatic rings. The number of benzene rings is 3. The molecule has 0 radical (unpaired) electrons. The molecule has 3 aromatic carbocycles. The summed E-state index contributed by atoms with van der Waals surface area (Å²) in [5, 5.41) is 4.29. The summed E-state index contributed by atoms with van der Waals surface area (Å²) in [6.07, 6.45) is 2.00. The molecule has 0 N–H and O–H groups in total. The molecule has 1 aliphatic rings. The first-order valence-corrected chi connectivity index (χ1v) is 13.2. The van der Waals surface area contributed by atoms with Gasteiger partial charge in [0.1, 0.15) is 0 Å². The Kier molecular flexibility index (Phi) is 6.76. The summed E-state index contributed by atoms with van der Waals surface area (Å²) >= 11 is 0. The van der Waals surface area contributed by atoms with E-state index in [-0.39, 0.29) is 6.98 Å². The third-order valence-electron chi connectivity index (χ3n) is 6.51. The van der Waals surface area contributed by atoms with E-state index in [9.17, 15) is 0 Å². The van der Waals surface area contributed by atoms with Crippen LogP contribution in [0.2, 0.25) is 6.04 Å². The van der Waals surface area contributed by atoms with Crippen LogP contribution in [0, 0.1) is 0 Å². The number of rotatable bonds is 7. The maximum absolute atomic E-state index is 5.67. The first-order valence-electron chi connectivity index (χ1n) is 11.0. The van der Waals surface area contributed by atoms with Gasteiger partial charge in [-0.2, -0.15) is 0 Å². The van der Waals surface area contributed by atoms with Gasteiger partial charge in [-0.15, -0.1) is 0 Å². The van der Waals surface area contributed by atoms with Gasteiger partial charge in [0.25, 0.3) is 0 Å². The molecule has 0 aromatic heterocycles. The van der Waals surface area contributed by atoms with E-state index in [2.05, 4.69) is 115 Å². The van der Waals surface area contributed by atoms with E-state index in [0.717, 1.165) is 19.1 Å². The second-order valence-corrected chi connectivity index (χ2v) is 12.3. The summed E-state index contributed by atoms with van der Waals surface area (Å²) in [6.45, 7) is 2.39. The van der Waals surface area contributed by atoms with E-state index in [0.29, 0.717) is 0 Å². The smallest absolute Gasteiger partial charge is 0.344 e. The molecule has 0 aliphatic carbocycles. The molecule has 0 saturated carbocycles. The van der Waals surface area contributed by atoms with Crippen LogP contribution in [0.1, 0.15) is 0 Å². The van der Waals surface area contributed by atoms with Crippen molar-refractivity contribution in [2.45, 2.75) is 6.04 Å². The molecule has 1 heterocycles. The Morgan fingerprint density at radius 2 is 1.16 bits per heavy atom. The summed E-state index contributed by atoms with van der Waals surface area (Å²) in [7, 11) is 3.85. The van der Waals surface area contributed by atoms with E-state index >= 15 is 0 Å². The average Bonchev–Trinajstić information content (AvgIpc) is 3.16. The van der Waals surface area contributed by atoms with Crippen LogP contribution in [-0.2, 0) is 4.74 Å². The molecule has 5 heteroatoms. The standard InChI is InChI=1S/C26H31BN2OSi/c1-28-19-20-29(2)27(28)23(21-30-3)22-31(24-13-7-4-8-14-24,25-15-9-5-10-16-25)26-17-11-6-12-18-26/h4-18,21H,19-20,22H2,1-3H3. The highest BCUT2D eigenvalue weighted by atomic mass is 28.3. The largest absolute Gasteiger partial charge is 0.505 e. The summed E-state index contributed by atoms with van der Waals surface area (Å²) < 4.78 is 5.67. The highest BCUT2D eigenvalue weighted by Crippen LogP contribution is 2.25. The van der Waals surface area contributed by atoms with Gasteiger partial charge < -0.3 is 14.4 Å². The molecule has 0 bridgehead atoms. The monoisotopic (exact) mass is 426 g/mol. The number of methoxy groups -OCH3 is 1. The number of ether oxygens (including phenoxy) is 1. The van der Waals surface area contributed by atoms with Gasteiger partial charge in [0.05, 0.1) is 13.4 Å². The fourth-order valence-corrected chi connectivity index (χ4v) is 9.86. The van der Waals surface area contributed by atoms with Gasteiger partial charge in [-0.1, -0.05) is 91.0 Å². The zero-order chi connectivity index (χ0) is 21.7. The Balaban J connectivity index is 1.94. The summed E-state index contributed by atoms with van der Waals surface area (Å²) in [6, 6.07) is 34.3. The van der Waals surface area contributed by atoms with Crippen LogP contribution in [0.5, 0.6) is 0 Å². The van der Waals surface area contributed by atoms with Crippen molar-refractivity contribution >= 4 is 30.6 Å². The lowest BCUT2D eigenvalue weighted by atomic mass is 9.67. The lowest BCUT2D eigenvalue weighted by molar-refractivity contribution is 0.335. The minimum absolute atomic E-state index is 0.253. The lowest BCUT2D eigenvalue weighted by Crippen LogP contribution is -2.68. The highest BCUT2D eigenvalue weighted by Gasteiger charge is 2.44. The fraction of sp³-hybridized carbons (Fsp3) is 0.231. The van der Waals surface area contributed by atoms with Gasteiger partial charge in [0.15, 0.2) is 8.07 Å². The van der Waals surface area contributed by atoms with Crippen molar-refractivity contribution in [2.24, 2.45) is 0 Å². The van der Waals surface area contributed by atoms with Crippen molar-refractivity contribution < 1.29 is 4.74 Å². The SMILES string of the molecule is COC=C(C[Si](c1ccccc1)(c1ccccc1)c1ccccc1)B1N(C)CCN1C. The van der Waals surface area contributed by atoms with Gasteiger partial charge in [-0.3, -0.25) is 0 Å². The van der Waals surface area contributed by atoms with Gasteiger partial charge in [0.2, 0.25) is 0 Å². The first kappa shape index (κ1) is 21.6. The Hall–Kier alpha value is -2.60. The van der Waals surface area contributed by atoms with Crippen molar-refractivity contribution in [2.75, 3.05) is 34.3 Å². The van der Waals surface area contributed by atoms with Crippen LogP contribution in [0.4, 0.5) is 0 Å². The van der Waals surface area contributed by atoms with Crippen LogP contribution in [0.25, 0.3) is 0 Å². The third kappa shape index (κ3) is 4.26. The van der Waals surface area contributed by atoms with E-state index in [1.165, 1.54) is 21.0 Å². The minimum Gasteiger partial charge on any atom is -0.505 e. The highest BCUT2D eigenvalue weighted by molar-refractivity contribution is 7.12. The molecular weight excluding hydrogens is 395 g/mol.